The second-order valence-corrected chi connectivity index (χ2v) is 8.08. The average molecular weight is 498 g/mol. The molecule has 2 atom stereocenters. The van der Waals surface area contributed by atoms with Crippen molar-refractivity contribution in [2.45, 2.75) is 33.0 Å². The molecule has 33 heavy (non-hydrogen) atoms. The van der Waals surface area contributed by atoms with E-state index in [0.717, 1.165) is 5.56 Å². The van der Waals surface area contributed by atoms with E-state index in [1.54, 1.807) is 6.07 Å². The van der Waals surface area contributed by atoms with Crippen LogP contribution in [-0.4, -0.2) is 70.6 Å². The van der Waals surface area contributed by atoms with E-state index in [9.17, 15) is 33.0 Å². The van der Waals surface area contributed by atoms with Gasteiger partial charge in [-0.2, -0.15) is 13.2 Å². The zero-order chi connectivity index (χ0) is 25.2. The molecule has 184 valence electrons. The molecule has 1 saturated heterocycles. The van der Waals surface area contributed by atoms with E-state index in [2.05, 4.69) is 0 Å². The molecular weight excluding hydrogens is 475 g/mol. The summed E-state index contributed by atoms with van der Waals surface area (Å²) in [6.07, 6.45) is -4.89. The number of halogens is 4. The van der Waals surface area contributed by atoms with Gasteiger partial charge in [-0.05, 0) is 38.0 Å². The summed E-state index contributed by atoms with van der Waals surface area (Å²) in [5, 5.41) is 26.6. The number of rotatable bonds is 8. The van der Waals surface area contributed by atoms with Crippen molar-refractivity contribution in [2.75, 3.05) is 26.3 Å². The molecule has 0 aromatic heterocycles. The van der Waals surface area contributed by atoms with Crippen LogP contribution in [-0.2, 0) is 20.9 Å². The SMILES string of the molecule is CCOc1cc(CN2C[C@@]3(C(=O)O)C[C@@]3(C(=O)O)C2)cc(Cl)c1OCC.O=C(O)C(F)(F)F. The normalized spacial score (nSPS) is 23.7. The lowest BCUT2D eigenvalue weighted by molar-refractivity contribution is -0.192. The third-order valence-corrected chi connectivity index (χ3v) is 5.79. The molecule has 0 radical (unpaired) electrons. The largest absolute Gasteiger partial charge is 0.490 e. The number of hydrogen-bond donors (Lipinski definition) is 3. The summed E-state index contributed by atoms with van der Waals surface area (Å²) < 4.78 is 42.9. The summed E-state index contributed by atoms with van der Waals surface area (Å²) in [7, 11) is 0. The number of hydrogen-bond acceptors (Lipinski definition) is 6. The molecule has 9 nitrogen and oxygen atoms in total. The van der Waals surface area contributed by atoms with Gasteiger partial charge in [0.15, 0.2) is 11.5 Å². The Morgan fingerprint density at radius 1 is 1.03 bits per heavy atom. The molecule has 0 amide bonds. The van der Waals surface area contributed by atoms with Crippen LogP contribution in [0.3, 0.4) is 0 Å². The molecule has 1 saturated carbocycles. The van der Waals surface area contributed by atoms with Crippen molar-refractivity contribution >= 4 is 29.5 Å². The summed E-state index contributed by atoms with van der Waals surface area (Å²) in [6.45, 7) is 5.44. The van der Waals surface area contributed by atoms with Crippen LogP contribution in [0.1, 0.15) is 25.8 Å². The average Bonchev–Trinajstić information content (AvgIpc) is 3.23. The number of aliphatic carboxylic acids is 3. The van der Waals surface area contributed by atoms with E-state index in [0.29, 0.717) is 36.3 Å². The fourth-order valence-corrected chi connectivity index (χ4v) is 4.32. The molecule has 0 spiro atoms. The molecule has 3 N–H and O–H groups in total. The van der Waals surface area contributed by atoms with E-state index in [-0.39, 0.29) is 19.5 Å². The van der Waals surface area contributed by atoms with Gasteiger partial charge < -0.3 is 24.8 Å². The number of benzene rings is 1. The Morgan fingerprint density at radius 2 is 1.52 bits per heavy atom. The van der Waals surface area contributed by atoms with Crippen LogP contribution < -0.4 is 9.47 Å². The molecule has 3 rings (SSSR count). The minimum Gasteiger partial charge on any atom is -0.490 e. The van der Waals surface area contributed by atoms with Gasteiger partial charge in [0.25, 0.3) is 0 Å². The maximum absolute atomic E-state index is 11.6. The van der Waals surface area contributed by atoms with Crippen LogP contribution >= 0.6 is 11.6 Å². The van der Waals surface area contributed by atoms with Crippen LogP contribution in [0.15, 0.2) is 12.1 Å². The molecule has 1 aromatic rings. The molecule has 0 unspecified atom stereocenters. The lowest BCUT2D eigenvalue weighted by Gasteiger charge is -2.21. The first-order valence-electron chi connectivity index (χ1n) is 9.81. The van der Waals surface area contributed by atoms with Gasteiger partial charge in [-0.3, -0.25) is 14.5 Å². The minimum absolute atomic E-state index is 0.190. The van der Waals surface area contributed by atoms with Crippen LogP contribution in [0.4, 0.5) is 13.2 Å². The van der Waals surface area contributed by atoms with Gasteiger partial charge in [0, 0.05) is 19.6 Å². The van der Waals surface area contributed by atoms with Crippen molar-refractivity contribution in [2.24, 2.45) is 10.8 Å². The zero-order valence-electron chi connectivity index (χ0n) is 17.7. The van der Waals surface area contributed by atoms with Crippen molar-refractivity contribution in [3.05, 3.63) is 22.7 Å². The Balaban J connectivity index is 0.000000479. The maximum atomic E-state index is 11.6. The van der Waals surface area contributed by atoms with Crippen molar-refractivity contribution < 1.29 is 52.3 Å². The first kappa shape index (κ1) is 26.5. The molecule has 2 aliphatic rings. The second kappa shape index (κ2) is 9.64. The van der Waals surface area contributed by atoms with E-state index in [4.69, 9.17) is 31.0 Å². The Bertz CT molecular complexity index is 913. The van der Waals surface area contributed by atoms with Gasteiger partial charge in [-0.25, -0.2) is 4.79 Å². The monoisotopic (exact) mass is 497 g/mol. The Hall–Kier alpha value is -2.73. The number of carboxylic acids is 3. The van der Waals surface area contributed by atoms with Gasteiger partial charge in [0.2, 0.25) is 0 Å². The fourth-order valence-electron chi connectivity index (χ4n) is 4.03. The second-order valence-electron chi connectivity index (χ2n) is 7.67. The van der Waals surface area contributed by atoms with Crippen molar-refractivity contribution in [3.63, 3.8) is 0 Å². The quantitative estimate of drug-likeness (QED) is 0.495. The first-order valence-corrected chi connectivity index (χ1v) is 10.2. The number of fused-ring (bicyclic) bond motifs is 1. The molecule has 2 fully saturated rings. The number of alkyl halides is 3. The number of carbonyl (C=O) groups is 3. The smallest absolute Gasteiger partial charge is 0.490 e. The summed E-state index contributed by atoms with van der Waals surface area (Å²) >= 11 is 6.32. The predicted molar refractivity (Wildman–Crippen MR) is 108 cm³/mol. The number of likely N-dealkylation sites (tertiary alicyclic amines) is 1. The van der Waals surface area contributed by atoms with E-state index in [1.807, 2.05) is 24.8 Å². The van der Waals surface area contributed by atoms with Crippen molar-refractivity contribution in [1.82, 2.24) is 4.90 Å². The van der Waals surface area contributed by atoms with Gasteiger partial charge in [0.1, 0.15) is 0 Å². The first-order chi connectivity index (χ1) is 15.2. The molecule has 1 aromatic carbocycles. The third kappa shape index (κ3) is 5.27. The Morgan fingerprint density at radius 3 is 1.91 bits per heavy atom. The molecule has 1 heterocycles. The molecular formula is C20H23ClF3NO8. The topological polar surface area (TPSA) is 134 Å². The van der Waals surface area contributed by atoms with Crippen molar-refractivity contribution in [1.29, 1.82) is 0 Å². The van der Waals surface area contributed by atoms with Gasteiger partial charge in [-0.1, -0.05) is 11.6 Å². The highest BCUT2D eigenvalue weighted by Crippen LogP contribution is 2.68. The standard InChI is InChI=1S/C18H22ClNO6.C2HF3O2/c1-3-25-13-6-11(5-12(19)14(13)26-4-2)7-20-9-17(15(21)22)8-18(17,10-20)16(23)24;3-2(4,5)1(6)7/h5-6H,3-4,7-10H2,1-2H3,(H,21,22)(H,23,24);(H,6,7)/t17-,18+;. The molecule has 0 bridgehead atoms. The van der Waals surface area contributed by atoms with E-state index >= 15 is 0 Å². The summed E-state index contributed by atoms with van der Waals surface area (Å²) in [5.41, 5.74) is -1.54. The molecule has 1 aliphatic heterocycles. The highest BCUT2D eigenvalue weighted by Gasteiger charge is 2.80. The summed E-state index contributed by atoms with van der Waals surface area (Å²) in [6, 6.07) is 3.56. The number of ether oxygens (including phenoxy) is 2. The van der Waals surface area contributed by atoms with Gasteiger partial charge in [0.05, 0.1) is 29.1 Å². The van der Waals surface area contributed by atoms with E-state index in [1.165, 1.54) is 0 Å². The lowest BCUT2D eigenvalue weighted by Crippen LogP contribution is -2.28. The van der Waals surface area contributed by atoms with Crippen LogP contribution in [0.5, 0.6) is 11.5 Å². The van der Waals surface area contributed by atoms with E-state index < -0.39 is 34.9 Å². The Labute approximate surface area is 191 Å². The maximum Gasteiger partial charge on any atom is 0.490 e. The Kier molecular flexibility index (Phi) is 7.74. The van der Waals surface area contributed by atoms with Crippen LogP contribution in [0, 0.1) is 10.8 Å². The van der Waals surface area contributed by atoms with Gasteiger partial charge in [-0.15, -0.1) is 0 Å². The fraction of sp³-hybridized carbons (Fsp3) is 0.550. The molecule has 1 aliphatic carbocycles. The number of nitrogens with zero attached hydrogens (tertiary/aromatic N) is 1. The zero-order valence-corrected chi connectivity index (χ0v) is 18.5. The lowest BCUT2D eigenvalue weighted by atomic mass is 9.97. The minimum atomic E-state index is -5.08. The third-order valence-electron chi connectivity index (χ3n) is 5.51. The van der Waals surface area contributed by atoms with Crippen LogP contribution in [0.2, 0.25) is 5.02 Å². The highest BCUT2D eigenvalue weighted by atomic mass is 35.5. The molecule has 13 heteroatoms. The number of piperidine rings is 1. The predicted octanol–water partition coefficient (Wildman–Crippen LogP) is 3.13. The van der Waals surface area contributed by atoms with Crippen LogP contribution in [0.25, 0.3) is 0 Å². The summed E-state index contributed by atoms with van der Waals surface area (Å²) in [5.74, 6) is -3.83. The van der Waals surface area contributed by atoms with Gasteiger partial charge >= 0.3 is 24.1 Å². The highest BCUT2D eigenvalue weighted by molar-refractivity contribution is 6.32. The van der Waals surface area contributed by atoms with Crippen molar-refractivity contribution in [3.8, 4) is 11.5 Å². The number of carboxylic acid groups (broad SMARTS) is 3. The summed E-state index contributed by atoms with van der Waals surface area (Å²) in [4.78, 5) is 34.0.